The zero-order valence-electron chi connectivity index (χ0n) is 18.9. The number of nitrogens with zero attached hydrogens (tertiary/aromatic N) is 2. The summed E-state index contributed by atoms with van der Waals surface area (Å²) in [6.45, 7) is 16.0. The molecule has 1 heterocycles. The molecule has 0 amide bonds. The maximum atomic E-state index is 2.75. The van der Waals surface area contributed by atoms with Gasteiger partial charge in [-0.15, -0.1) is 0 Å². The molecule has 1 aliphatic heterocycles. The third-order valence-electron chi connectivity index (χ3n) is 6.75. The summed E-state index contributed by atoms with van der Waals surface area (Å²) in [6.07, 6.45) is 15.4. The lowest BCUT2D eigenvalue weighted by Crippen LogP contribution is -2.38. The Kier molecular flexibility index (Phi) is 13.7. The van der Waals surface area contributed by atoms with Crippen molar-refractivity contribution in [2.24, 2.45) is 17.8 Å². The lowest BCUT2D eigenvalue weighted by atomic mass is 9.79. The number of likely N-dealkylation sites (tertiary alicyclic amines) is 1. The molecule has 0 aromatic carbocycles. The van der Waals surface area contributed by atoms with Gasteiger partial charge in [-0.05, 0) is 76.7 Å². The smallest absolute Gasteiger partial charge is 0.000651 e. The molecular formula is C24H50N2. The summed E-state index contributed by atoms with van der Waals surface area (Å²) in [7, 11) is 2.33. The fourth-order valence-electron chi connectivity index (χ4n) is 5.03. The van der Waals surface area contributed by atoms with E-state index in [1.165, 1.54) is 103 Å². The van der Waals surface area contributed by atoms with Crippen LogP contribution in [0.3, 0.4) is 0 Å². The van der Waals surface area contributed by atoms with Gasteiger partial charge in [0, 0.05) is 6.54 Å². The average Bonchev–Trinajstić information content (AvgIpc) is 2.65. The predicted octanol–water partition coefficient (Wildman–Crippen LogP) is 6.45. The number of unbranched alkanes of at least 4 members (excludes halogenated alkanes) is 1. The molecule has 2 heteroatoms. The van der Waals surface area contributed by atoms with E-state index in [9.17, 15) is 0 Å². The van der Waals surface area contributed by atoms with Gasteiger partial charge in [-0.2, -0.15) is 0 Å². The summed E-state index contributed by atoms with van der Waals surface area (Å²) < 4.78 is 0. The first kappa shape index (κ1) is 24.0. The third-order valence-corrected chi connectivity index (χ3v) is 6.75. The lowest BCUT2D eigenvalue weighted by molar-refractivity contribution is 0.131. The van der Waals surface area contributed by atoms with Crippen molar-refractivity contribution >= 4 is 0 Å². The molecule has 1 saturated heterocycles. The van der Waals surface area contributed by atoms with Gasteiger partial charge in [0.2, 0.25) is 0 Å². The fourth-order valence-corrected chi connectivity index (χ4v) is 5.03. The van der Waals surface area contributed by atoms with Crippen LogP contribution < -0.4 is 0 Å². The van der Waals surface area contributed by atoms with Crippen LogP contribution >= 0.6 is 0 Å². The van der Waals surface area contributed by atoms with Gasteiger partial charge in [0.15, 0.2) is 0 Å². The van der Waals surface area contributed by atoms with Gasteiger partial charge in [-0.25, -0.2) is 0 Å². The van der Waals surface area contributed by atoms with Crippen LogP contribution in [-0.4, -0.2) is 49.6 Å². The summed E-state index contributed by atoms with van der Waals surface area (Å²) in [5, 5.41) is 0. The van der Waals surface area contributed by atoms with Crippen LogP contribution in [0.25, 0.3) is 0 Å². The molecule has 2 nitrogen and oxygen atoms in total. The van der Waals surface area contributed by atoms with Gasteiger partial charge >= 0.3 is 0 Å². The molecule has 0 aliphatic carbocycles. The van der Waals surface area contributed by atoms with Crippen molar-refractivity contribution < 1.29 is 0 Å². The molecule has 0 aromatic rings. The second-order valence-corrected chi connectivity index (χ2v) is 9.05. The van der Waals surface area contributed by atoms with Gasteiger partial charge < -0.3 is 9.80 Å². The van der Waals surface area contributed by atoms with E-state index in [0.717, 1.165) is 17.8 Å². The Balaban J connectivity index is 2.21. The van der Waals surface area contributed by atoms with Crippen molar-refractivity contribution in [1.29, 1.82) is 0 Å². The molecule has 1 fully saturated rings. The Morgan fingerprint density at radius 2 is 1.58 bits per heavy atom. The van der Waals surface area contributed by atoms with E-state index < -0.39 is 0 Å². The van der Waals surface area contributed by atoms with Gasteiger partial charge in [-0.3, -0.25) is 0 Å². The molecular weight excluding hydrogens is 316 g/mol. The van der Waals surface area contributed by atoms with Crippen LogP contribution in [0.4, 0.5) is 0 Å². The Bertz CT molecular complexity index is 309. The molecule has 156 valence electrons. The van der Waals surface area contributed by atoms with Crippen molar-refractivity contribution in [3.8, 4) is 0 Å². The third kappa shape index (κ3) is 9.74. The Labute approximate surface area is 166 Å². The highest BCUT2D eigenvalue weighted by atomic mass is 15.1. The molecule has 1 aliphatic rings. The summed E-state index contributed by atoms with van der Waals surface area (Å²) in [6, 6.07) is 0. The second-order valence-electron chi connectivity index (χ2n) is 9.05. The summed E-state index contributed by atoms with van der Waals surface area (Å²) in [4.78, 5) is 5.33. The highest BCUT2D eigenvalue weighted by Crippen LogP contribution is 2.32. The molecule has 2 atom stereocenters. The van der Waals surface area contributed by atoms with Crippen LogP contribution in [0.15, 0.2) is 0 Å². The molecule has 0 N–H and O–H groups in total. The summed E-state index contributed by atoms with van der Waals surface area (Å²) in [5.41, 5.74) is 0. The minimum Gasteiger partial charge on any atom is -0.306 e. The van der Waals surface area contributed by atoms with Crippen molar-refractivity contribution in [3.63, 3.8) is 0 Å². The number of piperidine rings is 1. The van der Waals surface area contributed by atoms with E-state index in [0.29, 0.717) is 0 Å². The SMILES string of the molecule is CCCCC(CCC)C1CCN(CCCN(C)CC(CC)CCC)CC1. The van der Waals surface area contributed by atoms with Gasteiger partial charge in [0.05, 0.1) is 0 Å². The van der Waals surface area contributed by atoms with Crippen LogP contribution in [0, 0.1) is 17.8 Å². The molecule has 1 rings (SSSR count). The van der Waals surface area contributed by atoms with E-state index in [1.54, 1.807) is 0 Å². The molecule has 26 heavy (non-hydrogen) atoms. The molecule has 2 unspecified atom stereocenters. The standard InChI is InChI=1S/C24H50N2/c1-6-10-14-23(13-8-3)24-15-19-26(20-16-24)18-11-17-25(5)21-22(9-4)12-7-2/h22-24H,6-21H2,1-5H3. The van der Waals surface area contributed by atoms with Crippen molar-refractivity contribution in [3.05, 3.63) is 0 Å². The first-order valence-electron chi connectivity index (χ1n) is 12.0. The Hall–Kier alpha value is -0.0800. The first-order valence-corrected chi connectivity index (χ1v) is 12.0. The molecule has 0 spiro atoms. The quantitative estimate of drug-likeness (QED) is 0.328. The van der Waals surface area contributed by atoms with E-state index in [4.69, 9.17) is 0 Å². The van der Waals surface area contributed by atoms with Crippen molar-refractivity contribution in [2.45, 2.75) is 98.3 Å². The predicted molar refractivity (Wildman–Crippen MR) is 118 cm³/mol. The van der Waals surface area contributed by atoms with E-state index in [2.05, 4.69) is 44.5 Å². The number of rotatable bonds is 15. The normalized spacial score (nSPS) is 19.2. The Morgan fingerprint density at radius 3 is 2.15 bits per heavy atom. The number of hydrogen-bond donors (Lipinski definition) is 0. The zero-order valence-corrected chi connectivity index (χ0v) is 18.9. The molecule has 0 saturated carbocycles. The summed E-state index contributed by atoms with van der Waals surface area (Å²) in [5.74, 6) is 2.93. The van der Waals surface area contributed by atoms with Crippen LogP contribution in [0.1, 0.15) is 98.3 Å². The monoisotopic (exact) mass is 366 g/mol. The van der Waals surface area contributed by atoms with Crippen molar-refractivity contribution in [1.82, 2.24) is 9.80 Å². The molecule has 0 radical (unpaired) electrons. The van der Waals surface area contributed by atoms with Gasteiger partial charge in [0.25, 0.3) is 0 Å². The highest BCUT2D eigenvalue weighted by Gasteiger charge is 2.25. The topological polar surface area (TPSA) is 6.48 Å². The maximum Gasteiger partial charge on any atom is 0.000651 e. The minimum atomic E-state index is 0.902. The second kappa shape index (κ2) is 14.9. The minimum absolute atomic E-state index is 0.902. The first-order chi connectivity index (χ1) is 12.6. The van der Waals surface area contributed by atoms with Crippen LogP contribution in [0.2, 0.25) is 0 Å². The number of hydrogen-bond acceptors (Lipinski definition) is 2. The fraction of sp³-hybridized carbons (Fsp3) is 1.00. The largest absolute Gasteiger partial charge is 0.306 e. The van der Waals surface area contributed by atoms with E-state index in [1.807, 2.05) is 0 Å². The van der Waals surface area contributed by atoms with Gasteiger partial charge in [0.1, 0.15) is 0 Å². The summed E-state index contributed by atoms with van der Waals surface area (Å²) >= 11 is 0. The zero-order chi connectivity index (χ0) is 19.2. The van der Waals surface area contributed by atoms with Gasteiger partial charge in [-0.1, -0.05) is 72.6 Å². The van der Waals surface area contributed by atoms with Crippen LogP contribution in [-0.2, 0) is 0 Å². The lowest BCUT2D eigenvalue weighted by Gasteiger charge is -2.36. The average molecular weight is 367 g/mol. The van der Waals surface area contributed by atoms with Crippen LogP contribution in [0.5, 0.6) is 0 Å². The highest BCUT2D eigenvalue weighted by molar-refractivity contribution is 4.78. The van der Waals surface area contributed by atoms with E-state index >= 15 is 0 Å². The molecule has 0 bridgehead atoms. The van der Waals surface area contributed by atoms with E-state index in [-0.39, 0.29) is 0 Å². The Morgan fingerprint density at radius 1 is 0.885 bits per heavy atom. The molecule has 0 aromatic heterocycles. The van der Waals surface area contributed by atoms with Crippen molar-refractivity contribution in [2.75, 3.05) is 39.8 Å². The maximum absolute atomic E-state index is 2.75.